The van der Waals surface area contributed by atoms with Crippen LogP contribution in [0.2, 0.25) is 0 Å². The first-order valence-electron chi connectivity index (χ1n) is 8.35. The molecule has 0 radical (unpaired) electrons. The fraction of sp³-hybridized carbons (Fsp3) is 0.0500. The van der Waals surface area contributed by atoms with Gasteiger partial charge in [0.15, 0.2) is 6.19 Å². The summed E-state index contributed by atoms with van der Waals surface area (Å²) in [6.45, 7) is 0.272. The van der Waals surface area contributed by atoms with Gasteiger partial charge in [-0.25, -0.2) is 13.4 Å². The highest BCUT2D eigenvalue weighted by Crippen LogP contribution is 2.21. The van der Waals surface area contributed by atoms with Gasteiger partial charge in [-0.3, -0.25) is 10.3 Å². The smallest absolute Gasteiger partial charge is 0.209 e. The van der Waals surface area contributed by atoms with Crippen molar-refractivity contribution < 1.29 is 8.42 Å². The van der Waals surface area contributed by atoms with E-state index in [9.17, 15) is 8.42 Å². The number of aliphatic imine (C=N–C) groups is 1. The number of hydrogen-bond acceptors (Lipinski definition) is 5. The molecule has 0 atom stereocenters. The maximum atomic E-state index is 12.6. The Labute approximate surface area is 163 Å². The third-order valence-electron chi connectivity index (χ3n) is 3.82. The summed E-state index contributed by atoms with van der Waals surface area (Å²) in [6.07, 6.45) is 5.08. The van der Waals surface area contributed by atoms with Gasteiger partial charge in [0.05, 0.1) is 16.3 Å². The molecule has 0 saturated carbocycles. The molecular formula is C20H17N5O2S. The average Bonchev–Trinajstić information content (AvgIpc) is 2.74. The quantitative estimate of drug-likeness (QED) is 0.300. The number of nitrogens with zero attached hydrogens (tertiary/aromatic N) is 3. The topological polar surface area (TPSA) is 107 Å². The molecular weight excluding hydrogens is 374 g/mol. The van der Waals surface area contributed by atoms with Crippen LogP contribution in [0.15, 0.2) is 93.9 Å². The molecule has 3 aromatic rings. The highest BCUT2D eigenvalue weighted by Gasteiger charge is 2.16. The molecule has 0 unspecified atom stereocenters. The minimum absolute atomic E-state index is 0.219. The molecule has 1 aromatic heterocycles. The van der Waals surface area contributed by atoms with E-state index in [-0.39, 0.29) is 22.3 Å². The number of guanidine groups is 1. The van der Waals surface area contributed by atoms with E-state index >= 15 is 0 Å². The molecule has 28 heavy (non-hydrogen) atoms. The molecule has 0 aliphatic rings. The first-order valence-corrected chi connectivity index (χ1v) is 9.83. The minimum atomic E-state index is -3.55. The normalized spacial score (nSPS) is 11.5. The van der Waals surface area contributed by atoms with Gasteiger partial charge in [0.2, 0.25) is 15.8 Å². The summed E-state index contributed by atoms with van der Waals surface area (Å²) >= 11 is 0. The average molecular weight is 391 g/mol. The zero-order valence-electron chi connectivity index (χ0n) is 14.8. The number of nitriles is 1. The molecule has 140 valence electrons. The number of hydrogen-bond donors (Lipinski definition) is 2. The van der Waals surface area contributed by atoms with E-state index in [0.29, 0.717) is 0 Å². The number of pyridine rings is 1. The van der Waals surface area contributed by atoms with Crippen molar-refractivity contribution in [1.82, 2.24) is 10.3 Å². The molecule has 3 rings (SSSR count). The Morgan fingerprint density at radius 3 is 2.25 bits per heavy atom. The van der Waals surface area contributed by atoms with Crippen molar-refractivity contribution in [2.75, 3.05) is 5.32 Å². The van der Waals surface area contributed by atoms with Crippen molar-refractivity contribution in [2.45, 2.75) is 16.3 Å². The van der Waals surface area contributed by atoms with Crippen molar-refractivity contribution >= 4 is 21.5 Å². The summed E-state index contributed by atoms with van der Waals surface area (Å²) in [5.41, 5.74) is 1.54. The van der Waals surface area contributed by atoms with E-state index < -0.39 is 9.84 Å². The molecule has 2 N–H and O–H groups in total. The van der Waals surface area contributed by atoms with Crippen LogP contribution in [0.1, 0.15) is 5.56 Å². The van der Waals surface area contributed by atoms with Crippen LogP contribution in [0.3, 0.4) is 0 Å². The molecule has 0 spiro atoms. The van der Waals surface area contributed by atoms with E-state index in [1.807, 2.05) is 6.19 Å². The SMILES string of the molecule is N#CNC(=NCc1ccc(S(=O)(=O)c2ccccc2)cc1)Nc1ccncc1. The summed E-state index contributed by atoms with van der Waals surface area (Å²) in [5, 5.41) is 14.4. The highest BCUT2D eigenvalue weighted by molar-refractivity contribution is 7.91. The Morgan fingerprint density at radius 2 is 1.61 bits per heavy atom. The van der Waals surface area contributed by atoms with Crippen LogP contribution in [0.25, 0.3) is 0 Å². The second-order valence-electron chi connectivity index (χ2n) is 5.72. The number of nitrogens with one attached hydrogen (secondary N) is 2. The molecule has 0 aliphatic heterocycles. The van der Waals surface area contributed by atoms with Crippen LogP contribution in [-0.2, 0) is 16.4 Å². The number of aromatic nitrogens is 1. The summed E-state index contributed by atoms with van der Waals surface area (Å²) in [5.74, 6) is 0.287. The summed E-state index contributed by atoms with van der Waals surface area (Å²) in [6, 6.07) is 18.3. The van der Waals surface area contributed by atoms with Crippen molar-refractivity contribution in [3.63, 3.8) is 0 Å². The lowest BCUT2D eigenvalue weighted by Gasteiger charge is -2.08. The molecule has 1 heterocycles. The first-order chi connectivity index (χ1) is 13.6. The van der Waals surface area contributed by atoms with Gasteiger partial charge >= 0.3 is 0 Å². The van der Waals surface area contributed by atoms with Gasteiger partial charge in [0.1, 0.15) is 0 Å². The van der Waals surface area contributed by atoms with E-state index in [1.54, 1.807) is 79.1 Å². The van der Waals surface area contributed by atoms with Crippen LogP contribution in [0.4, 0.5) is 5.69 Å². The zero-order chi connectivity index (χ0) is 19.8. The Hall–Kier alpha value is -3.70. The maximum Gasteiger partial charge on any atom is 0.209 e. The van der Waals surface area contributed by atoms with Gasteiger partial charge in [0.25, 0.3) is 0 Å². The lowest BCUT2D eigenvalue weighted by Crippen LogP contribution is -2.26. The predicted molar refractivity (Wildman–Crippen MR) is 106 cm³/mol. The molecule has 0 fully saturated rings. The van der Waals surface area contributed by atoms with Crippen molar-refractivity contribution in [3.05, 3.63) is 84.7 Å². The molecule has 2 aromatic carbocycles. The Balaban J connectivity index is 1.74. The molecule has 8 heteroatoms. The van der Waals surface area contributed by atoms with E-state index in [2.05, 4.69) is 20.6 Å². The van der Waals surface area contributed by atoms with Crippen molar-refractivity contribution in [1.29, 1.82) is 5.26 Å². The lowest BCUT2D eigenvalue weighted by molar-refractivity contribution is 0.596. The molecule has 7 nitrogen and oxygen atoms in total. The number of anilines is 1. The Morgan fingerprint density at radius 1 is 0.964 bits per heavy atom. The van der Waals surface area contributed by atoms with Gasteiger partial charge < -0.3 is 5.32 Å². The minimum Gasteiger partial charge on any atom is -0.325 e. The van der Waals surface area contributed by atoms with Crippen LogP contribution in [0, 0.1) is 11.5 Å². The summed E-state index contributed by atoms with van der Waals surface area (Å²) in [7, 11) is -3.55. The third-order valence-corrected chi connectivity index (χ3v) is 5.61. The third kappa shape index (κ3) is 4.72. The van der Waals surface area contributed by atoms with Crippen molar-refractivity contribution in [2.24, 2.45) is 4.99 Å². The predicted octanol–water partition coefficient (Wildman–Crippen LogP) is 2.95. The van der Waals surface area contributed by atoms with Gasteiger partial charge in [-0.15, -0.1) is 0 Å². The summed E-state index contributed by atoms with van der Waals surface area (Å²) < 4.78 is 25.2. The van der Waals surface area contributed by atoms with Crippen LogP contribution in [0.5, 0.6) is 0 Å². The first kappa shape index (κ1) is 19.1. The molecule has 0 amide bonds. The molecule has 0 bridgehead atoms. The fourth-order valence-electron chi connectivity index (χ4n) is 2.42. The zero-order valence-corrected chi connectivity index (χ0v) is 15.6. The maximum absolute atomic E-state index is 12.6. The van der Waals surface area contributed by atoms with Gasteiger partial charge in [0, 0.05) is 18.1 Å². The largest absolute Gasteiger partial charge is 0.325 e. The monoisotopic (exact) mass is 391 g/mol. The van der Waals surface area contributed by atoms with Crippen LogP contribution in [-0.4, -0.2) is 19.4 Å². The molecule has 0 saturated heterocycles. The van der Waals surface area contributed by atoms with E-state index in [1.165, 1.54) is 0 Å². The number of sulfone groups is 1. The van der Waals surface area contributed by atoms with Crippen molar-refractivity contribution in [3.8, 4) is 6.19 Å². The summed E-state index contributed by atoms with van der Waals surface area (Å²) in [4.78, 5) is 8.73. The second kappa shape index (κ2) is 8.79. The second-order valence-corrected chi connectivity index (χ2v) is 7.67. The van der Waals surface area contributed by atoms with Gasteiger partial charge in [-0.1, -0.05) is 30.3 Å². The number of rotatable bonds is 5. The Kier molecular flexibility index (Phi) is 5.99. The van der Waals surface area contributed by atoms with Gasteiger partial charge in [-0.2, -0.15) is 5.26 Å². The van der Waals surface area contributed by atoms with Crippen LogP contribution >= 0.6 is 0 Å². The van der Waals surface area contributed by atoms with Gasteiger partial charge in [-0.05, 0) is 42.0 Å². The standard InChI is InChI=1S/C20H17N5O2S/c21-15-24-20(25-17-10-12-22-13-11-17)23-14-16-6-8-19(9-7-16)28(26,27)18-4-2-1-3-5-18/h1-13H,14H2,(H2,22,23,24,25). The van der Waals surface area contributed by atoms with E-state index in [0.717, 1.165) is 11.3 Å². The van der Waals surface area contributed by atoms with Crippen LogP contribution < -0.4 is 10.6 Å². The Bertz CT molecular complexity index is 1090. The molecule has 0 aliphatic carbocycles. The number of benzene rings is 2. The van der Waals surface area contributed by atoms with E-state index in [4.69, 9.17) is 5.26 Å². The highest BCUT2D eigenvalue weighted by atomic mass is 32.2. The fourth-order valence-corrected chi connectivity index (χ4v) is 3.70. The lowest BCUT2D eigenvalue weighted by atomic mass is 10.2.